The Morgan fingerprint density at radius 2 is 1.64 bits per heavy atom. The van der Waals surface area contributed by atoms with Crippen LogP contribution in [0.15, 0.2) is 72.3 Å². The van der Waals surface area contributed by atoms with Gasteiger partial charge in [0.25, 0.3) is 0 Å². The van der Waals surface area contributed by atoms with E-state index in [0.717, 1.165) is 28.7 Å². The molecule has 0 unspecified atom stereocenters. The average Bonchev–Trinajstić information content (AvgIpc) is 3.65. The monoisotopic (exact) mass is 470 g/mol. The number of halogens is 2. The highest BCUT2D eigenvalue weighted by atomic mass is 35.5. The molecule has 2 aromatic rings. The van der Waals surface area contributed by atoms with Crippen molar-refractivity contribution in [2.75, 3.05) is 12.0 Å². The van der Waals surface area contributed by atoms with Crippen molar-refractivity contribution in [3.8, 4) is 0 Å². The molecule has 2 aromatic carbocycles. The number of amidine groups is 1. The number of hydrogen-bond donors (Lipinski definition) is 1. The Bertz CT molecular complexity index is 912. The van der Waals surface area contributed by atoms with E-state index in [4.69, 9.17) is 11.6 Å². The predicted octanol–water partition coefficient (Wildman–Crippen LogP) is 8.77. The molecule has 33 heavy (non-hydrogen) atoms. The van der Waals surface area contributed by atoms with Crippen molar-refractivity contribution in [3.63, 3.8) is 0 Å². The number of nitrogens with zero attached hydrogens (tertiary/aromatic N) is 1. The zero-order valence-electron chi connectivity index (χ0n) is 20.2. The molecule has 0 radical (unpaired) electrons. The van der Waals surface area contributed by atoms with Gasteiger partial charge in [0.1, 0.15) is 5.84 Å². The van der Waals surface area contributed by atoms with Gasteiger partial charge in [0, 0.05) is 21.8 Å². The molecule has 1 fully saturated rings. The second-order valence-electron chi connectivity index (χ2n) is 7.79. The number of anilines is 1. The highest BCUT2D eigenvalue weighted by molar-refractivity contribution is 6.30. The third-order valence-electron chi connectivity index (χ3n) is 4.78. The van der Waals surface area contributed by atoms with Crippen LogP contribution in [0.3, 0.4) is 0 Å². The van der Waals surface area contributed by atoms with Crippen molar-refractivity contribution in [2.24, 2.45) is 10.9 Å². The van der Waals surface area contributed by atoms with E-state index in [0.29, 0.717) is 17.0 Å². The van der Waals surface area contributed by atoms with Gasteiger partial charge in [-0.2, -0.15) is 0 Å². The summed E-state index contributed by atoms with van der Waals surface area (Å²) in [6, 6.07) is 14.8. The molecule has 1 saturated carbocycles. The van der Waals surface area contributed by atoms with E-state index in [-0.39, 0.29) is 12.5 Å². The minimum Gasteiger partial charge on any atom is -0.344 e. The van der Waals surface area contributed by atoms with Crippen molar-refractivity contribution in [3.05, 3.63) is 83.4 Å². The lowest BCUT2D eigenvalue weighted by molar-refractivity contribution is 0.101. The van der Waals surface area contributed by atoms with Gasteiger partial charge in [0.05, 0.1) is 12.4 Å². The number of allylic oxidation sites excluding steroid dienone is 2. The number of carbonyl (C=O) groups is 1. The van der Waals surface area contributed by atoms with Crippen LogP contribution in [0, 0.1) is 5.92 Å². The summed E-state index contributed by atoms with van der Waals surface area (Å²) in [5, 5.41) is 3.90. The largest absolute Gasteiger partial charge is 0.344 e. The maximum absolute atomic E-state index is 11.3. The Hall–Kier alpha value is -2.72. The van der Waals surface area contributed by atoms with Crippen LogP contribution in [0.2, 0.25) is 5.02 Å². The second-order valence-corrected chi connectivity index (χ2v) is 8.23. The van der Waals surface area contributed by atoms with E-state index < -0.39 is 0 Å². The van der Waals surface area contributed by atoms with Crippen LogP contribution >= 0.6 is 11.6 Å². The van der Waals surface area contributed by atoms with Crippen LogP contribution in [0.1, 0.15) is 69.3 Å². The number of hydrogen-bond acceptors (Lipinski definition) is 2. The molecule has 0 atom stereocenters. The number of rotatable bonds is 7. The molecule has 0 aromatic heterocycles. The fourth-order valence-electron chi connectivity index (χ4n) is 2.66. The van der Waals surface area contributed by atoms with Crippen LogP contribution < -0.4 is 5.32 Å². The smallest absolute Gasteiger partial charge is 0.159 e. The van der Waals surface area contributed by atoms with Gasteiger partial charge in [0.2, 0.25) is 0 Å². The van der Waals surface area contributed by atoms with Crippen molar-refractivity contribution in [1.29, 1.82) is 0 Å². The van der Waals surface area contributed by atoms with Crippen molar-refractivity contribution < 1.29 is 9.18 Å². The predicted molar refractivity (Wildman–Crippen MR) is 142 cm³/mol. The molecule has 0 amide bonds. The lowest BCUT2D eigenvalue weighted by atomic mass is 10.1. The van der Waals surface area contributed by atoms with Gasteiger partial charge in [-0.3, -0.25) is 9.18 Å². The van der Waals surface area contributed by atoms with Gasteiger partial charge < -0.3 is 5.32 Å². The highest BCUT2D eigenvalue weighted by Crippen LogP contribution is 2.31. The standard InChI is InChI=1S/C20H19ClN2O.C5H10.C3H7F/c1-4-5-20(17-6-10-18(21)11-7-17)23-15(3)22-19-12-8-16(9-13-19)14(2)24;1-2-5-3-4-5;1-2-3-4/h4-13H,1H2,2-3H3,(H,22,23);5H,2-4H2,1H3;2-3H2,1H3/b20-5-;;. The lowest BCUT2D eigenvalue weighted by Gasteiger charge is -2.08. The summed E-state index contributed by atoms with van der Waals surface area (Å²) in [5.74, 6) is 1.91. The van der Waals surface area contributed by atoms with Crippen LogP contribution in [0.4, 0.5) is 10.1 Å². The van der Waals surface area contributed by atoms with Gasteiger partial charge in [0.15, 0.2) is 5.78 Å². The molecule has 5 heteroatoms. The fraction of sp³-hybridized carbons (Fsp3) is 0.357. The Balaban J connectivity index is 0.000000505. The number of aliphatic imine (C=N–C) groups is 1. The van der Waals surface area contributed by atoms with E-state index in [2.05, 4.69) is 23.8 Å². The van der Waals surface area contributed by atoms with Crippen LogP contribution in [0.25, 0.3) is 5.70 Å². The number of nitrogens with one attached hydrogen (secondary N) is 1. The average molecular weight is 471 g/mol. The third kappa shape index (κ3) is 12.2. The van der Waals surface area contributed by atoms with Gasteiger partial charge >= 0.3 is 0 Å². The maximum Gasteiger partial charge on any atom is 0.159 e. The Labute approximate surface area is 203 Å². The maximum atomic E-state index is 11.3. The van der Waals surface area contributed by atoms with Crippen LogP contribution in [-0.4, -0.2) is 18.3 Å². The molecule has 0 heterocycles. The number of carbonyl (C=O) groups excluding carboxylic acids is 1. The highest BCUT2D eigenvalue weighted by Gasteiger charge is 2.17. The topological polar surface area (TPSA) is 41.5 Å². The third-order valence-corrected chi connectivity index (χ3v) is 5.04. The first kappa shape index (κ1) is 28.3. The number of alkyl halides is 1. The summed E-state index contributed by atoms with van der Waals surface area (Å²) in [5.41, 5.74) is 3.29. The number of Topliss-reactive ketones (excluding diaryl/α,β-unsaturated/α-hetero) is 1. The number of benzene rings is 2. The summed E-state index contributed by atoms with van der Waals surface area (Å²) >= 11 is 5.93. The molecule has 1 aliphatic rings. The van der Waals surface area contributed by atoms with Crippen molar-refractivity contribution in [1.82, 2.24) is 0 Å². The molecular formula is C28H36ClFN2O. The quantitative estimate of drug-likeness (QED) is 0.190. The second kappa shape index (κ2) is 16.0. The SMILES string of the molecule is C=C/C=C(\N=C(C)Nc1ccc(C(C)=O)cc1)c1ccc(Cl)cc1.CCC1CC1.CCCF. The van der Waals surface area contributed by atoms with Crippen LogP contribution in [0.5, 0.6) is 0 Å². The first-order valence-corrected chi connectivity index (χ1v) is 11.8. The van der Waals surface area contributed by atoms with Gasteiger partial charge in [-0.15, -0.1) is 0 Å². The molecule has 1 N–H and O–H groups in total. The van der Waals surface area contributed by atoms with Crippen LogP contribution in [-0.2, 0) is 0 Å². The first-order valence-electron chi connectivity index (χ1n) is 11.4. The van der Waals surface area contributed by atoms with E-state index in [1.54, 1.807) is 32.1 Å². The molecule has 1 aliphatic carbocycles. The summed E-state index contributed by atoms with van der Waals surface area (Å²) in [7, 11) is 0. The molecule has 178 valence electrons. The van der Waals surface area contributed by atoms with E-state index >= 15 is 0 Å². The molecule has 0 saturated heterocycles. The molecule has 3 nitrogen and oxygen atoms in total. The zero-order valence-corrected chi connectivity index (χ0v) is 21.0. The fourth-order valence-corrected chi connectivity index (χ4v) is 2.79. The number of ketones is 1. The van der Waals surface area contributed by atoms with Gasteiger partial charge in [-0.05, 0) is 68.7 Å². The van der Waals surface area contributed by atoms with E-state index in [9.17, 15) is 9.18 Å². The van der Waals surface area contributed by atoms with E-state index in [1.807, 2.05) is 49.4 Å². The normalized spacial score (nSPS) is 13.2. The summed E-state index contributed by atoms with van der Waals surface area (Å²) in [4.78, 5) is 15.9. The summed E-state index contributed by atoms with van der Waals surface area (Å²) < 4.78 is 10.7. The minimum absolute atomic E-state index is 0.0471. The summed E-state index contributed by atoms with van der Waals surface area (Å²) in [6.45, 7) is 11.1. The Kier molecular flexibility index (Phi) is 13.7. The first-order chi connectivity index (χ1) is 15.8. The zero-order chi connectivity index (χ0) is 24.6. The minimum atomic E-state index is -0.181. The summed E-state index contributed by atoms with van der Waals surface area (Å²) in [6.07, 6.45) is 8.63. The van der Waals surface area contributed by atoms with Crippen molar-refractivity contribution >= 4 is 34.6 Å². The van der Waals surface area contributed by atoms with Gasteiger partial charge in [-0.25, -0.2) is 4.99 Å². The molecule has 3 rings (SSSR count). The van der Waals surface area contributed by atoms with Crippen molar-refractivity contribution in [2.45, 2.75) is 53.4 Å². The lowest BCUT2D eigenvalue weighted by Crippen LogP contribution is -2.07. The van der Waals surface area contributed by atoms with E-state index in [1.165, 1.54) is 19.3 Å². The Morgan fingerprint density at radius 3 is 2.03 bits per heavy atom. The molecule has 0 bridgehead atoms. The molecule has 0 spiro atoms. The Morgan fingerprint density at radius 1 is 1.09 bits per heavy atom. The van der Waals surface area contributed by atoms with Gasteiger partial charge in [-0.1, -0.05) is 69.5 Å². The molecular weight excluding hydrogens is 435 g/mol. The molecule has 0 aliphatic heterocycles.